The largest absolute Gasteiger partial charge is 0.274 e. The summed E-state index contributed by atoms with van der Waals surface area (Å²) in [4.78, 5) is 25.1. The molecule has 20 heavy (non-hydrogen) atoms. The number of hydrogen-bond acceptors (Lipinski definition) is 3. The molecule has 1 aliphatic heterocycles. The van der Waals surface area contributed by atoms with Gasteiger partial charge in [-0.1, -0.05) is 12.8 Å². The van der Waals surface area contributed by atoms with E-state index in [0.29, 0.717) is 24.1 Å². The zero-order valence-corrected chi connectivity index (χ0v) is 11.6. The predicted octanol–water partition coefficient (Wildman–Crippen LogP) is 2.60. The van der Waals surface area contributed by atoms with Gasteiger partial charge in [0.15, 0.2) is 0 Å². The first kappa shape index (κ1) is 13.1. The molecule has 1 aromatic rings. The van der Waals surface area contributed by atoms with Crippen LogP contribution in [-0.2, 0) is 9.59 Å². The van der Waals surface area contributed by atoms with E-state index in [0.717, 1.165) is 12.8 Å². The second kappa shape index (κ2) is 4.60. The van der Waals surface area contributed by atoms with Crippen LogP contribution in [0.3, 0.4) is 0 Å². The molecule has 4 nitrogen and oxygen atoms in total. The van der Waals surface area contributed by atoms with Gasteiger partial charge in [-0.25, -0.2) is 4.90 Å². The lowest BCUT2D eigenvalue weighted by molar-refractivity contribution is -0.122. The van der Waals surface area contributed by atoms with Crippen LogP contribution in [0.5, 0.6) is 0 Å². The van der Waals surface area contributed by atoms with Gasteiger partial charge in [0, 0.05) is 0 Å². The number of anilines is 1. The van der Waals surface area contributed by atoms with Gasteiger partial charge in [0.2, 0.25) is 5.91 Å². The van der Waals surface area contributed by atoms with Crippen molar-refractivity contribution in [3.8, 4) is 6.07 Å². The van der Waals surface area contributed by atoms with E-state index in [1.54, 1.807) is 24.3 Å². The molecule has 0 radical (unpaired) electrons. The summed E-state index contributed by atoms with van der Waals surface area (Å²) in [7, 11) is 0. The van der Waals surface area contributed by atoms with Crippen molar-refractivity contribution in [1.82, 2.24) is 0 Å². The minimum absolute atomic E-state index is 0.214. The van der Waals surface area contributed by atoms with Crippen molar-refractivity contribution < 1.29 is 9.59 Å². The van der Waals surface area contributed by atoms with Crippen molar-refractivity contribution in [3.05, 3.63) is 29.8 Å². The van der Waals surface area contributed by atoms with E-state index in [4.69, 9.17) is 16.9 Å². The molecular weight excluding hydrogens is 276 g/mol. The molecule has 2 atom stereocenters. The van der Waals surface area contributed by atoms with Gasteiger partial charge < -0.3 is 0 Å². The van der Waals surface area contributed by atoms with Gasteiger partial charge in [-0.3, -0.25) is 9.59 Å². The van der Waals surface area contributed by atoms with Gasteiger partial charge in [0.25, 0.3) is 5.91 Å². The lowest BCUT2D eigenvalue weighted by atomic mass is 9.80. The number of rotatable bonds is 1. The van der Waals surface area contributed by atoms with E-state index in [9.17, 15) is 9.59 Å². The molecule has 1 saturated heterocycles. The smallest absolute Gasteiger partial charge is 0.255 e. The topological polar surface area (TPSA) is 61.2 Å². The van der Waals surface area contributed by atoms with Crippen LogP contribution >= 0.6 is 11.6 Å². The number of carbonyl (C=O) groups is 2. The van der Waals surface area contributed by atoms with Crippen LogP contribution in [0.4, 0.5) is 5.69 Å². The number of alkyl halides is 1. The minimum Gasteiger partial charge on any atom is -0.274 e. The van der Waals surface area contributed by atoms with E-state index in [1.807, 2.05) is 6.07 Å². The summed E-state index contributed by atoms with van der Waals surface area (Å²) in [5.41, 5.74) is 0.985. The number of fused-ring (bicyclic) bond motifs is 1. The number of carbonyl (C=O) groups excluding carboxylic acids is 2. The van der Waals surface area contributed by atoms with Crippen molar-refractivity contribution in [2.45, 2.75) is 30.6 Å². The number of benzene rings is 1. The molecule has 5 heteroatoms. The number of nitrogens with zero attached hydrogens (tertiary/aromatic N) is 2. The molecule has 1 aliphatic carbocycles. The van der Waals surface area contributed by atoms with Crippen LogP contribution in [0.2, 0.25) is 0 Å². The highest BCUT2D eigenvalue weighted by Gasteiger charge is 2.59. The van der Waals surface area contributed by atoms with Crippen molar-refractivity contribution in [3.63, 3.8) is 0 Å². The first-order valence-electron chi connectivity index (χ1n) is 6.65. The Morgan fingerprint density at radius 1 is 1.25 bits per heavy atom. The SMILES string of the molecule is N#Cc1ccc(N2C(=O)C3CCCCC3(Cl)C2=O)cc1. The van der Waals surface area contributed by atoms with Crippen molar-refractivity contribution in [2.75, 3.05) is 4.90 Å². The molecule has 0 N–H and O–H groups in total. The molecule has 1 aromatic carbocycles. The summed E-state index contributed by atoms with van der Waals surface area (Å²) in [6.45, 7) is 0. The van der Waals surface area contributed by atoms with Crippen molar-refractivity contribution in [2.24, 2.45) is 5.92 Å². The van der Waals surface area contributed by atoms with Crippen LogP contribution in [0.1, 0.15) is 31.2 Å². The van der Waals surface area contributed by atoms with Crippen LogP contribution in [0.15, 0.2) is 24.3 Å². The van der Waals surface area contributed by atoms with Gasteiger partial charge in [-0.15, -0.1) is 11.6 Å². The third-order valence-electron chi connectivity index (χ3n) is 4.17. The van der Waals surface area contributed by atoms with E-state index < -0.39 is 10.8 Å². The van der Waals surface area contributed by atoms with E-state index in [-0.39, 0.29) is 11.8 Å². The highest BCUT2D eigenvalue weighted by atomic mass is 35.5. The fourth-order valence-corrected chi connectivity index (χ4v) is 3.50. The molecule has 3 rings (SSSR count). The van der Waals surface area contributed by atoms with Crippen LogP contribution in [0, 0.1) is 17.2 Å². The van der Waals surface area contributed by atoms with Crippen LogP contribution < -0.4 is 4.90 Å². The fraction of sp³-hybridized carbons (Fsp3) is 0.400. The van der Waals surface area contributed by atoms with Crippen LogP contribution in [0.25, 0.3) is 0 Å². The number of nitriles is 1. The lowest BCUT2D eigenvalue weighted by Gasteiger charge is -2.28. The van der Waals surface area contributed by atoms with E-state index in [1.165, 1.54) is 4.90 Å². The summed E-state index contributed by atoms with van der Waals surface area (Å²) in [6, 6.07) is 8.44. The molecule has 0 spiro atoms. The van der Waals surface area contributed by atoms with Crippen molar-refractivity contribution in [1.29, 1.82) is 5.26 Å². The zero-order chi connectivity index (χ0) is 14.3. The number of amides is 2. The molecule has 0 bridgehead atoms. The Morgan fingerprint density at radius 3 is 2.55 bits per heavy atom. The molecule has 2 amide bonds. The minimum atomic E-state index is -1.07. The number of halogens is 1. The van der Waals surface area contributed by atoms with Gasteiger partial charge in [0.1, 0.15) is 4.87 Å². The fourth-order valence-electron chi connectivity index (χ4n) is 3.08. The summed E-state index contributed by atoms with van der Waals surface area (Å²) in [5.74, 6) is -0.950. The molecule has 2 aliphatic rings. The Hall–Kier alpha value is -1.86. The second-order valence-corrected chi connectivity index (χ2v) is 5.97. The van der Waals surface area contributed by atoms with Crippen molar-refractivity contribution >= 4 is 29.1 Å². The van der Waals surface area contributed by atoms with Crippen LogP contribution in [-0.4, -0.2) is 16.7 Å². The quantitative estimate of drug-likeness (QED) is 0.589. The lowest BCUT2D eigenvalue weighted by Crippen LogP contribution is -2.40. The second-order valence-electron chi connectivity index (χ2n) is 5.30. The maximum absolute atomic E-state index is 12.5. The Kier molecular flexibility index (Phi) is 3.02. The highest BCUT2D eigenvalue weighted by molar-refractivity contribution is 6.45. The Labute approximate surface area is 121 Å². The van der Waals surface area contributed by atoms with Gasteiger partial charge in [0.05, 0.1) is 23.2 Å². The Bertz CT molecular complexity index is 620. The monoisotopic (exact) mass is 288 g/mol. The van der Waals surface area contributed by atoms with Gasteiger partial charge in [-0.05, 0) is 37.1 Å². The first-order valence-corrected chi connectivity index (χ1v) is 7.03. The third-order valence-corrected chi connectivity index (χ3v) is 4.78. The average Bonchev–Trinajstić information content (AvgIpc) is 2.67. The molecule has 102 valence electrons. The van der Waals surface area contributed by atoms with E-state index >= 15 is 0 Å². The molecule has 1 saturated carbocycles. The normalized spacial score (nSPS) is 29.2. The molecular formula is C15H13ClN2O2. The maximum atomic E-state index is 12.5. The molecule has 2 fully saturated rings. The standard InChI is InChI=1S/C15H13ClN2O2/c16-15-8-2-1-3-12(15)13(19)18(14(15)20)11-6-4-10(9-17)5-7-11/h4-7,12H,1-3,8H2. The van der Waals surface area contributed by atoms with Gasteiger partial charge in [-0.2, -0.15) is 5.26 Å². The number of hydrogen-bond donors (Lipinski definition) is 0. The highest BCUT2D eigenvalue weighted by Crippen LogP contribution is 2.47. The summed E-state index contributed by atoms with van der Waals surface area (Å²) < 4.78 is 0. The predicted molar refractivity (Wildman–Crippen MR) is 74.2 cm³/mol. The molecule has 1 heterocycles. The zero-order valence-electron chi connectivity index (χ0n) is 10.8. The van der Waals surface area contributed by atoms with Gasteiger partial charge >= 0.3 is 0 Å². The average molecular weight is 289 g/mol. The Morgan fingerprint density at radius 2 is 1.95 bits per heavy atom. The van der Waals surface area contributed by atoms with E-state index in [2.05, 4.69) is 0 Å². The molecule has 2 unspecified atom stereocenters. The summed E-state index contributed by atoms with van der Waals surface area (Å²) in [5, 5.41) is 8.79. The summed E-state index contributed by atoms with van der Waals surface area (Å²) in [6.07, 6.45) is 3.02. The summed E-state index contributed by atoms with van der Waals surface area (Å²) >= 11 is 6.46. The molecule has 0 aromatic heterocycles. The first-order chi connectivity index (χ1) is 9.58. The third kappa shape index (κ3) is 1.74. The number of imide groups is 1. The Balaban J connectivity index is 1.99. The maximum Gasteiger partial charge on any atom is 0.255 e.